The van der Waals surface area contributed by atoms with Gasteiger partial charge < -0.3 is 15.7 Å². The summed E-state index contributed by atoms with van der Waals surface area (Å²) >= 11 is 1.33. The average molecular weight is 296 g/mol. The first-order valence-electron chi connectivity index (χ1n) is 6.36. The Morgan fingerprint density at radius 3 is 2.45 bits per heavy atom. The molecule has 0 unspecified atom stereocenters. The van der Waals surface area contributed by atoms with Crippen LogP contribution in [0.3, 0.4) is 0 Å². The van der Waals surface area contributed by atoms with Crippen molar-refractivity contribution in [1.82, 2.24) is 5.32 Å². The molecule has 110 valence electrons. The number of aliphatic hydroxyl groups excluding tert-OH is 1. The third-order valence-electron chi connectivity index (χ3n) is 2.66. The van der Waals surface area contributed by atoms with Gasteiger partial charge in [0.15, 0.2) is 0 Å². The molecule has 0 radical (unpaired) electrons. The van der Waals surface area contributed by atoms with E-state index in [1.165, 1.54) is 11.8 Å². The number of thioether (sulfide) groups is 1. The predicted molar refractivity (Wildman–Crippen MR) is 82.0 cm³/mol. The largest absolute Gasteiger partial charge is 0.396 e. The van der Waals surface area contributed by atoms with Gasteiger partial charge in [-0.1, -0.05) is 18.2 Å². The average Bonchev–Trinajstić information content (AvgIpc) is 2.41. The Bertz CT molecular complexity index is 457. The molecule has 1 aromatic rings. The van der Waals surface area contributed by atoms with E-state index in [0.29, 0.717) is 5.75 Å². The third kappa shape index (κ3) is 5.63. The van der Waals surface area contributed by atoms with Gasteiger partial charge in [0.25, 0.3) is 0 Å². The van der Waals surface area contributed by atoms with E-state index < -0.39 is 0 Å². The molecular weight excluding hydrogens is 276 g/mol. The van der Waals surface area contributed by atoms with Crippen LogP contribution < -0.4 is 10.6 Å². The Morgan fingerprint density at radius 2 is 1.85 bits per heavy atom. The zero-order chi connectivity index (χ0) is 15.0. The van der Waals surface area contributed by atoms with Crippen LogP contribution in [0.5, 0.6) is 0 Å². The number of para-hydroxylation sites is 1. The SMILES string of the molecule is Cc1cccc(C)c1NC(=O)CNC(=O)CSCCO. The van der Waals surface area contributed by atoms with Crippen LogP contribution in [-0.2, 0) is 9.59 Å². The molecule has 0 aromatic heterocycles. The third-order valence-corrected chi connectivity index (χ3v) is 3.60. The topological polar surface area (TPSA) is 78.4 Å². The van der Waals surface area contributed by atoms with E-state index in [1.54, 1.807) is 0 Å². The van der Waals surface area contributed by atoms with Gasteiger partial charge in [0.05, 0.1) is 18.9 Å². The lowest BCUT2D eigenvalue weighted by molar-refractivity contribution is -0.122. The van der Waals surface area contributed by atoms with Crippen LogP contribution in [0.2, 0.25) is 0 Å². The number of rotatable bonds is 7. The van der Waals surface area contributed by atoms with E-state index in [1.807, 2.05) is 32.0 Å². The Labute approximate surface area is 123 Å². The van der Waals surface area contributed by atoms with Crippen molar-refractivity contribution in [3.8, 4) is 0 Å². The van der Waals surface area contributed by atoms with E-state index in [9.17, 15) is 9.59 Å². The van der Waals surface area contributed by atoms with Gasteiger partial charge in [0.2, 0.25) is 11.8 Å². The molecule has 0 bridgehead atoms. The van der Waals surface area contributed by atoms with Gasteiger partial charge in [-0.05, 0) is 25.0 Å². The molecule has 0 fully saturated rings. The Hall–Kier alpha value is -1.53. The van der Waals surface area contributed by atoms with Crippen LogP contribution >= 0.6 is 11.8 Å². The summed E-state index contributed by atoms with van der Waals surface area (Å²) in [7, 11) is 0. The van der Waals surface area contributed by atoms with Crippen molar-refractivity contribution in [1.29, 1.82) is 0 Å². The van der Waals surface area contributed by atoms with Crippen molar-refractivity contribution in [2.24, 2.45) is 0 Å². The Balaban J connectivity index is 2.39. The quantitative estimate of drug-likeness (QED) is 0.658. The van der Waals surface area contributed by atoms with Crippen molar-refractivity contribution in [3.05, 3.63) is 29.3 Å². The summed E-state index contributed by atoms with van der Waals surface area (Å²) in [4.78, 5) is 23.2. The number of anilines is 1. The Kier molecular flexibility index (Phi) is 7.11. The minimum Gasteiger partial charge on any atom is -0.396 e. The number of aliphatic hydroxyl groups is 1. The number of benzene rings is 1. The monoisotopic (exact) mass is 296 g/mol. The molecule has 3 N–H and O–H groups in total. The first-order chi connectivity index (χ1) is 9.54. The van der Waals surface area contributed by atoms with E-state index in [2.05, 4.69) is 10.6 Å². The normalized spacial score (nSPS) is 10.2. The molecule has 0 aliphatic carbocycles. The standard InChI is InChI=1S/C14H20N2O3S/c1-10-4-3-5-11(2)14(10)16-12(18)8-15-13(19)9-20-7-6-17/h3-5,17H,6-9H2,1-2H3,(H,15,19)(H,16,18). The van der Waals surface area contributed by atoms with Crippen molar-refractivity contribution in [2.75, 3.05) is 30.0 Å². The summed E-state index contributed by atoms with van der Waals surface area (Å²) in [5.41, 5.74) is 2.77. The van der Waals surface area contributed by atoms with Crippen molar-refractivity contribution in [2.45, 2.75) is 13.8 Å². The summed E-state index contributed by atoms with van der Waals surface area (Å²) in [6, 6.07) is 5.78. The second kappa shape index (κ2) is 8.60. The molecule has 6 heteroatoms. The highest BCUT2D eigenvalue weighted by Crippen LogP contribution is 2.18. The molecule has 0 saturated heterocycles. The number of carbonyl (C=O) groups excluding carboxylic acids is 2. The highest BCUT2D eigenvalue weighted by molar-refractivity contribution is 7.99. The van der Waals surface area contributed by atoms with Crippen molar-refractivity contribution < 1.29 is 14.7 Å². The summed E-state index contributed by atoms with van der Waals surface area (Å²) in [5, 5.41) is 13.9. The molecule has 0 atom stereocenters. The summed E-state index contributed by atoms with van der Waals surface area (Å²) in [6.45, 7) is 3.84. The van der Waals surface area contributed by atoms with E-state index >= 15 is 0 Å². The van der Waals surface area contributed by atoms with Crippen molar-refractivity contribution in [3.63, 3.8) is 0 Å². The van der Waals surface area contributed by atoms with Gasteiger partial charge in [-0.25, -0.2) is 0 Å². The molecule has 0 spiro atoms. The molecule has 5 nitrogen and oxygen atoms in total. The fourth-order valence-electron chi connectivity index (χ4n) is 1.65. The van der Waals surface area contributed by atoms with E-state index in [0.717, 1.165) is 16.8 Å². The zero-order valence-corrected chi connectivity index (χ0v) is 12.5. The van der Waals surface area contributed by atoms with Gasteiger partial charge in [0, 0.05) is 11.4 Å². The van der Waals surface area contributed by atoms with E-state index in [4.69, 9.17) is 5.11 Å². The molecule has 0 aliphatic rings. The van der Waals surface area contributed by atoms with E-state index in [-0.39, 0.29) is 30.7 Å². The number of amides is 2. The number of aryl methyl sites for hydroxylation is 2. The van der Waals surface area contributed by atoms with Crippen LogP contribution in [0.1, 0.15) is 11.1 Å². The zero-order valence-electron chi connectivity index (χ0n) is 11.7. The van der Waals surface area contributed by atoms with Gasteiger partial charge in [-0.15, -0.1) is 11.8 Å². The van der Waals surface area contributed by atoms with Gasteiger partial charge in [-0.3, -0.25) is 9.59 Å². The maximum Gasteiger partial charge on any atom is 0.243 e. The molecule has 1 aromatic carbocycles. The number of carbonyl (C=O) groups is 2. The summed E-state index contributed by atoms with van der Waals surface area (Å²) in [6.07, 6.45) is 0. The first-order valence-corrected chi connectivity index (χ1v) is 7.51. The van der Waals surface area contributed by atoms with Gasteiger partial charge >= 0.3 is 0 Å². The van der Waals surface area contributed by atoms with Crippen LogP contribution in [0.15, 0.2) is 18.2 Å². The van der Waals surface area contributed by atoms with Crippen LogP contribution in [0.25, 0.3) is 0 Å². The highest BCUT2D eigenvalue weighted by Gasteiger charge is 2.08. The molecule has 0 heterocycles. The predicted octanol–water partition coefficient (Wildman–Crippen LogP) is 1.08. The molecule has 20 heavy (non-hydrogen) atoms. The maximum absolute atomic E-state index is 11.8. The fourth-order valence-corrected chi connectivity index (χ4v) is 2.22. The smallest absolute Gasteiger partial charge is 0.243 e. The lowest BCUT2D eigenvalue weighted by atomic mass is 10.1. The second-order valence-electron chi connectivity index (χ2n) is 4.37. The fraction of sp³-hybridized carbons (Fsp3) is 0.429. The van der Waals surface area contributed by atoms with Crippen molar-refractivity contribution >= 4 is 29.3 Å². The van der Waals surface area contributed by atoms with Crippen LogP contribution in [-0.4, -0.2) is 41.6 Å². The Morgan fingerprint density at radius 1 is 1.20 bits per heavy atom. The molecule has 2 amide bonds. The minimum atomic E-state index is -0.247. The summed E-state index contributed by atoms with van der Waals surface area (Å²) in [5.74, 6) is 0.308. The number of hydrogen-bond acceptors (Lipinski definition) is 4. The maximum atomic E-state index is 11.8. The lowest BCUT2D eigenvalue weighted by Crippen LogP contribution is -2.34. The summed E-state index contributed by atoms with van der Waals surface area (Å²) < 4.78 is 0. The molecule has 0 saturated carbocycles. The number of nitrogens with one attached hydrogen (secondary N) is 2. The minimum absolute atomic E-state index is 0.0466. The molecular formula is C14H20N2O3S. The van der Waals surface area contributed by atoms with Crippen LogP contribution in [0, 0.1) is 13.8 Å². The van der Waals surface area contributed by atoms with Crippen LogP contribution in [0.4, 0.5) is 5.69 Å². The second-order valence-corrected chi connectivity index (χ2v) is 5.47. The lowest BCUT2D eigenvalue weighted by Gasteiger charge is -2.11. The van der Waals surface area contributed by atoms with Gasteiger partial charge in [0.1, 0.15) is 0 Å². The van der Waals surface area contributed by atoms with Gasteiger partial charge in [-0.2, -0.15) is 0 Å². The highest BCUT2D eigenvalue weighted by atomic mass is 32.2. The number of hydrogen-bond donors (Lipinski definition) is 3. The molecule has 1 rings (SSSR count). The molecule has 0 aliphatic heterocycles. The first kappa shape index (κ1) is 16.5.